The Hall–Kier alpha value is -2.18. The maximum Gasteiger partial charge on any atom is 0.328 e. The molecule has 0 aromatic rings. The average molecular weight is 218 g/mol. The minimum atomic E-state index is -1.26. The first-order chi connectivity index (χ1) is 6.75. The molecule has 7 nitrogen and oxygen atoms in total. The third-order valence-electron chi connectivity index (χ3n) is 0.656. The van der Waals surface area contributed by atoms with E-state index in [4.69, 9.17) is 10.2 Å². The van der Waals surface area contributed by atoms with E-state index in [0.29, 0.717) is 12.2 Å². The Morgan fingerprint density at radius 1 is 0.867 bits per heavy atom. The zero-order chi connectivity index (χ0) is 12.4. The van der Waals surface area contributed by atoms with Gasteiger partial charge in [0.25, 0.3) is 0 Å². The van der Waals surface area contributed by atoms with Gasteiger partial charge in [-0.1, -0.05) is 0 Å². The van der Waals surface area contributed by atoms with Gasteiger partial charge in [-0.15, -0.1) is 0 Å². The number of ether oxygens (including phenoxy) is 1. The van der Waals surface area contributed by atoms with Crippen LogP contribution in [-0.4, -0.2) is 34.1 Å². The molecule has 0 aliphatic rings. The average Bonchev–Trinajstić information content (AvgIpc) is 1.99. The SMILES string of the molecule is CC(=O)OC(C)=O.O=C(O)/C=C/C(=O)O. The highest BCUT2D eigenvalue weighted by atomic mass is 16.6. The van der Waals surface area contributed by atoms with E-state index in [1.165, 1.54) is 13.8 Å². The summed E-state index contributed by atoms with van der Waals surface area (Å²) in [6.07, 6.45) is 1.12. The standard InChI is InChI=1S/C4H4O4.C4H6O3/c5-3(6)1-2-4(7)8;1-3(5)7-4(2)6/h1-2H,(H,5,6)(H,7,8);1-2H3/b2-1+;. The maximum atomic E-state index is 9.81. The molecule has 0 heterocycles. The summed E-state index contributed by atoms with van der Waals surface area (Å²) in [5, 5.41) is 15.6. The number of rotatable bonds is 2. The molecule has 0 aliphatic heterocycles. The molecule has 84 valence electrons. The van der Waals surface area contributed by atoms with Gasteiger partial charge in [0.1, 0.15) is 0 Å². The monoisotopic (exact) mass is 218 g/mol. The van der Waals surface area contributed by atoms with Crippen molar-refractivity contribution in [3.05, 3.63) is 12.2 Å². The fourth-order valence-electron chi connectivity index (χ4n) is 0.345. The van der Waals surface area contributed by atoms with Crippen LogP contribution in [0.2, 0.25) is 0 Å². The molecule has 2 N–H and O–H groups in total. The molecule has 0 unspecified atom stereocenters. The minimum absolute atomic E-state index is 0.558. The summed E-state index contributed by atoms with van der Waals surface area (Å²) in [5.74, 6) is -3.64. The molecule has 0 atom stereocenters. The van der Waals surface area contributed by atoms with E-state index in [-0.39, 0.29) is 0 Å². The van der Waals surface area contributed by atoms with Gasteiger partial charge in [0.15, 0.2) is 0 Å². The largest absolute Gasteiger partial charge is 0.478 e. The van der Waals surface area contributed by atoms with E-state index in [1.54, 1.807) is 0 Å². The van der Waals surface area contributed by atoms with E-state index >= 15 is 0 Å². The highest BCUT2D eigenvalue weighted by Crippen LogP contribution is 1.73. The highest BCUT2D eigenvalue weighted by Gasteiger charge is 1.93. The summed E-state index contributed by atoms with van der Waals surface area (Å²) < 4.78 is 3.97. The van der Waals surface area contributed by atoms with Crippen LogP contribution in [0, 0.1) is 0 Å². The summed E-state index contributed by atoms with van der Waals surface area (Å²) in [6, 6.07) is 0. The van der Waals surface area contributed by atoms with Crippen molar-refractivity contribution >= 4 is 23.9 Å². The van der Waals surface area contributed by atoms with Crippen LogP contribution >= 0.6 is 0 Å². The van der Waals surface area contributed by atoms with Crippen molar-refractivity contribution in [2.24, 2.45) is 0 Å². The summed E-state index contributed by atoms with van der Waals surface area (Å²) in [4.78, 5) is 38.7. The van der Waals surface area contributed by atoms with E-state index in [1.807, 2.05) is 0 Å². The van der Waals surface area contributed by atoms with Gasteiger partial charge in [0.2, 0.25) is 0 Å². The molecule has 0 spiro atoms. The number of hydrogen-bond donors (Lipinski definition) is 2. The van der Waals surface area contributed by atoms with Crippen LogP contribution in [-0.2, 0) is 23.9 Å². The van der Waals surface area contributed by atoms with Gasteiger partial charge in [0, 0.05) is 26.0 Å². The maximum absolute atomic E-state index is 9.81. The lowest BCUT2D eigenvalue weighted by atomic mass is 10.5. The van der Waals surface area contributed by atoms with Crippen LogP contribution in [0.1, 0.15) is 13.8 Å². The number of esters is 2. The summed E-state index contributed by atoms with van der Waals surface area (Å²) in [5.41, 5.74) is 0. The Kier molecular flexibility index (Phi) is 8.59. The second-order valence-corrected chi connectivity index (χ2v) is 2.10. The van der Waals surface area contributed by atoms with Crippen molar-refractivity contribution in [3.8, 4) is 0 Å². The lowest BCUT2D eigenvalue weighted by Gasteiger charge is -1.87. The van der Waals surface area contributed by atoms with Gasteiger partial charge in [0.05, 0.1) is 0 Å². The van der Waals surface area contributed by atoms with E-state index in [0.717, 1.165) is 0 Å². The third kappa shape index (κ3) is 24.5. The van der Waals surface area contributed by atoms with Gasteiger partial charge in [-0.3, -0.25) is 9.59 Å². The molecule has 15 heavy (non-hydrogen) atoms. The van der Waals surface area contributed by atoms with Crippen LogP contribution in [0.25, 0.3) is 0 Å². The second-order valence-electron chi connectivity index (χ2n) is 2.10. The molecule has 0 fully saturated rings. The van der Waals surface area contributed by atoms with E-state index < -0.39 is 23.9 Å². The molecule has 0 rings (SSSR count). The van der Waals surface area contributed by atoms with E-state index in [9.17, 15) is 19.2 Å². The number of hydrogen-bond acceptors (Lipinski definition) is 5. The third-order valence-corrected chi connectivity index (χ3v) is 0.656. The fraction of sp³-hybridized carbons (Fsp3) is 0.250. The lowest BCUT2D eigenvalue weighted by molar-refractivity contribution is -0.156. The Morgan fingerprint density at radius 3 is 1.20 bits per heavy atom. The highest BCUT2D eigenvalue weighted by molar-refractivity contribution is 5.89. The van der Waals surface area contributed by atoms with Crippen LogP contribution < -0.4 is 0 Å². The van der Waals surface area contributed by atoms with Crippen molar-refractivity contribution in [2.45, 2.75) is 13.8 Å². The number of carboxylic acids is 2. The Balaban J connectivity index is 0. The molecule has 0 aromatic carbocycles. The van der Waals surface area contributed by atoms with Crippen molar-refractivity contribution in [3.63, 3.8) is 0 Å². The molecule has 0 bridgehead atoms. The van der Waals surface area contributed by atoms with Crippen LogP contribution in [0.5, 0.6) is 0 Å². The zero-order valence-electron chi connectivity index (χ0n) is 8.09. The van der Waals surface area contributed by atoms with Gasteiger partial charge < -0.3 is 14.9 Å². The molecular weight excluding hydrogens is 208 g/mol. The number of carbonyl (C=O) groups excluding carboxylic acids is 2. The molecule has 0 radical (unpaired) electrons. The molecular formula is C8H10O7. The molecule has 0 aliphatic carbocycles. The smallest absolute Gasteiger partial charge is 0.328 e. The summed E-state index contributed by atoms with van der Waals surface area (Å²) in [6.45, 7) is 2.36. The Bertz CT molecular complexity index is 261. The van der Waals surface area contributed by atoms with Crippen LogP contribution in [0.3, 0.4) is 0 Å². The van der Waals surface area contributed by atoms with Crippen LogP contribution in [0.15, 0.2) is 12.2 Å². The molecule has 0 aromatic heterocycles. The number of carbonyl (C=O) groups is 4. The first kappa shape index (κ1) is 15.3. The predicted octanol–water partition coefficient (Wildman–Crippen LogP) is -0.192. The van der Waals surface area contributed by atoms with Crippen molar-refractivity contribution in [1.82, 2.24) is 0 Å². The lowest BCUT2D eigenvalue weighted by Crippen LogP contribution is -2.03. The van der Waals surface area contributed by atoms with E-state index in [2.05, 4.69) is 4.74 Å². The molecule has 7 heteroatoms. The van der Waals surface area contributed by atoms with Gasteiger partial charge in [-0.05, 0) is 0 Å². The summed E-state index contributed by atoms with van der Waals surface area (Å²) in [7, 11) is 0. The van der Waals surface area contributed by atoms with Crippen molar-refractivity contribution in [1.29, 1.82) is 0 Å². The molecule has 0 amide bonds. The van der Waals surface area contributed by atoms with Gasteiger partial charge in [-0.2, -0.15) is 0 Å². The Labute approximate surface area is 85.0 Å². The van der Waals surface area contributed by atoms with Crippen LogP contribution in [0.4, 0.5) is 0 Å². The Morgan fingerprint density at radius 2 is 1.13 bits per heavy atom. The fourth-order valence-corrected chi connectivity index (χ4v) is 0.345. The minimum Gasteiger partial charge on any atom is -0.478 e. The summed E-state index contributed by atoms with van der Waals surface area (Å²) >= 11 is 0. The normalized spacial score (nSPS) is 8.67. The predicted molar refractivity (Wildman–Crippen MR) is 46.9 cm³/mol. The second kappa shape index (κ2) is 8.42. The van der Waals surface area contributed by atoms with Gasteiger partial charge in [-0.25, -0.2) is 9.59 Å². The van der Waals surface area contributed by atoms with Gasteiger partial charge >= 0.3 is 23.9 Å². The number of aliphatic carboxylic acids is 2. The first-order valence-corrected chi connectivity index (χ1v) is 3.58. The zero-order valence-corrected chi connectivity index (χ0v) is 8.09. The topological polar surface area (TPSA) is 118 Å². The molecule has 0 saturated carbocycles. The van der Waals surface area contributed by atoms with Crippen molar-refractivity contribution in [2.75, 3.05) is 0 Å². The number of carboxylic acid groups (broad SMARTS) is 2. The van der Waals surface area contributed by atoms with Crippen molar-refractivity contribution < 1.29 is 34.1 Å². The first-order valence-electron chi connectivity index (χ1n) is 3.58. The quantitative estimate of drug-likeness (QED) is 0.374. The molecule has 0 saturated heterocycles.